The Morgan fingerprint density at radius 3 is 2.42 bits per heavy atom. The molecule has 7 heteroatoms. The molecule has 0 spiro atoms. The van der Waals surface area contributed by atoms with Crippen LogP contribution in [0.5, 0.6) is 5.75 Å². The highest BCUT2D eigenvalue weighted by molar-refractivity contribution is 7.80. The molecule has 2 amide bonds. The van der Waals surface area contributed by atoms with E-state index in [1.807, 2.05) is 6.92 Å². The molecular formula is C17H23N3O3S. The van der Waals surface area contributed by atoms with E-state index in [-0.39, 0.29) is 22.8 Å². The molecule has 130 valence electrons. The Kier molecular flexibility index (Phi) is 6.99. The quantitative estimate of drug-likeness (QED) is 0.574. The van der Waals surface area contributed by atoms with Crippen LogP contribution < -0.4 is 20.9 Å². The third-order valence-electron chi connectivity index (χ3n) is 3.93. The number of amides is 2. The van der Waals surface area contributed by atoms with Crippen LogP contribution in [0.15, 0.2) is 24.3 Å². The predicted molar refractivity (Wildman–Crippen MR) is 95.5 cm³/mol. The van der Waals surface area contributed by atoms with E-state index in [2.05, 4.69) is 16.2 Å². The number of hydrazine groups is 1. The van der Waals surface area contributed by atoms with E-state index in [1.165, 1.54) is 6.42 Å². The minimum atomic E-state index is -0.345. The lowest BCUT2D eigenvalue weighted by atomic mass is 9.89. The van der Waals surface area contributed by atoms with Crippen molar-refractivity contribution in [2.75, 3.05) is 6.61 Å². The number of carbonyl (C=O) groups excluding carboxylic acids is 2. The summed E-state index contributed by atoms with van der Waals surface area (Å²) in [6.07, 6.45) is 5.15. The number of rotatable bonds is 4. The van der Waals surface area contributed by atoms with Crippen LogP contribution in [-0.4, -0.2) is 23.5 Å². The smallest absolute Gasteiger partial charge is 0.257 e. The van der Waals surface area contributed by atoms with E-state index >= 15 is 0 Å². The van der Waals surface area contributed by atoms with Crippen LogP contribution >= 0.6 is 12.2 Å². The number of benzene rings is 1. The zero-order valence-electron chi connectivity index (χ0n) is 13.8. The summed E-state index contributed by atoms with van der Waals surface area (Å²) in [6, 6.07) is 6.76. The molecule has 6 nitrogen and oxygen atoms in total. The number of hydrogen-bond acceptors (Lipinski definition) is 4. The third kappa shape index (κ3) is 5.49. The number of hydrogen-bond donors (Lipinski definition) is 3. The van der Waals surface area contributed by atoms with Gasteiger partial charge < -0.3 is 4.74 Å². The van der Waals surface area contributed by atoms with Gasteiger partial charge in [0, 0.05) is 11.5 Å². The summed E-state index contributed by atoms with van der Waals surface area (Å²) >= 11 is 5.03. The average Bonchev–Trinajstić information content (AvgIpc) is 2.61. The highest BCUT2D eigenvalue weighted by Gasteiger charge is 2.21. The Labute approximate surface area is 147 Å². The van der Waals surface area contributed by atoms with Crippen molar-refractivity contribution in [2.24, 2.45) is 5.92 Å². The summed E-state index contributed by atoms with van der Waals surface area (Å²) < 4.78 is 5.33. The Balaban J connectivity index is 1.76. The van der Waals surface area contributed by atoms with Gasteiger partial charge in [0.15, 0.2) is 5.11 Å². The first-order chi connectivity index (χ1) is 11.6. The van der Waals surface area contributed by atoms with E-state index in [9.17, 15) is 9.59 Å². The van der Waals surface area contributed by atoms with Gasteiger partial charge in [0.1, 0.15) is 5.75 Å². The second kappa shape index (κ2) is 9.22. The molecule has 1 aliphatic carbocycles. The normalized spacial score (nSPS) is 14.5. The fourth-order valence-electron chi connectivity index (χ4n) is 2.66. The first kappa shape index (κ1) is 18.2. The van der Waals surface area contributed by atoms with Gasteiger partial charge in [-0.2, -0.15) is 0 Å². The van der Waals surface area contributed by atoms with E-state index in [0.29, 0.717) is 17.9 Å². The summed E-state index contributed by atoms with van der Waals surface area (Å²) in [5, 5.41) is 2.60. The molecule has 0 atom stereocenters. The molecule has 3 N–H and O–H groups in total. The first-order valence-corrected chi connectivity index (χ1v) is 8.65. The topological polar surface area (TPSA) is 79.5 Å². The maximum atomic E-state index is 12.1. The lowest BCUT2D eigenvalue weighted by molar-refractivity contribution is -0.126. The maximum Gasteiger partial charge on any atom is 0.257 e. The van der Waals surface area contributed by atoms with Crippen LogP contribution in [0.4, 0.5) is 0 Å². The van der Waals surface area contributed by atoms with Gasteiger partial charge >= 0.3 is 0 Å². The molecule has 1 fully saturated rings. The van der Waals surface area contributed by atoms with Crippen molar-refractivity contribution in [2.45, 2.75) is 39.0 Å². The Morgan fingerprint density at radius 2 is 1.79 bits per heavy atom. The Hall–Kier alpha value is -2.15. The summed E-state index contributed by atoms with van der Waals surface area (Å²) in [6.45, 7) is 2.46. The molecule has 2 rings (SSSR count). The largest absolute Gasteiger partial charge is 0.494 e. The summed E-state index contributed by atoms with van der Waals surface area (Å²) in [7, 11) is 0. The molecule has 1 aromatic carbocycles. The molecule has 0 heterocycles. The van der Waals surface area contributed by atoms with Crippen LogP contribution in [0.2, 0.25) is 0 Å². The predicted octanol–water partition coefficient (Wildman–Crippen LogP) is 2.30. The van der Waals surface area contributed by atoms with Crippen molar-refractivity contribution in [3.8, 4) is 5.75 Å². The molecule has 0 saturated heterocycles. The van der Waals surface area contributed by atoms with Crippen molar-refractivity contribution in [1.29, 1.82) is 0 Å². The van der Waals surface area contributed by atoms with Crippen molar-refractivity contribution in [1.82, 2.24) is 16.2 Å². The minimum Gasteiger partial charge on any atom is -0.494 e. The SMILES string of the molecule is CCOc1ccc(C(=O)NC(=S)NNC(=O)C2CCCCC2)cc1. The maximum absolute atomic E-state index is 12.1. The first-order valence-electron chi connectivity index (χ1n) is 8.24. The van der Waals surface area contributed by atoms with E-state index in [4.69, 9.17) is 17.0 Å². The van der Waals surface area contributed by atoms with Gasteiger partial charge in [-0.05, 0) is 56.2 Å². The third-order valence-corrected chi connectivity index (χ3v) is 4.13. The lowest BCUT2D eigenvalue weighted by Crippen LogP contribution is -2.50. The van der Waals surface area contributed by atoms with Crippen LogP contribution in [0.3, 0.4) is 0 Å². The number of nitrogens with one attached hydrogen (secondary N) is 3. The number of ether oxygens (including phenoxy) is 1. The minimum absolute atomic E-state index is 0.0239. The monoisotopic (exact) mass is 349 g/mol. The molecule has 0 bridgehead atoms. The zero-order valence-corrected chi connectivity index (χ0v) is 14.6. The standard InChI is InChI=1S/C17H23N3O3S/c1-2-23-14-10-8-13(9-11-14)15(21)18-17(24)20-19-16(22)12-6-4-3-5-7-12/h8-12H,2-7H2,1H3,(H,19,22)(H2,18,20,21,24). The fraction of sp³-hybridized carbons (Fsp3) is 0.471. The molecule has 1 aliphatic rings. The molecule has 1 aromatic rings. The van der Waals surface area contributed by atoms with Crippen LogP contribution in [0.1, 0.15) is 49.4 Å². The second-order valence-electron chi connectivity index (χ2n) is 5.69. The molecule has 0 radical (unpaired) electrons. The van der Waals surface area contributed by atoms with Gasteiger partial charge in [-0.25, -0.2) is 0 Å². The van der Waals surface area contributed by atoms with Gasteiger partial charge in [0.2, 0.25) is 5.91 Å². The van der Waals surface area contributed by atoms with E-state index in [0.717, 1.165) is 25.7 Å². The van der Waals surface area contributed by atoms with Crippen molar-refractivity contribution in [3.63, 3.8) is 0 Å². The highest BCUT2D eigenvalue weighted by atomic mass is 32.1. The van der Waals surface area contributed by atoms with Gasteiger partial charge in [-0.1, -0.05) is 19.3 Å². The van der Waals surface area contributed by atoms with Gasteiger partial charge in [0.05, 0.1) is 6.61 Å². The van der Waals surface area contributed by atoms with Crippen LogP contribution in [-0.2, 0) is 4.79 Å². The van der Waals surface area contributed by atoms with Crippen molar-refractivity contribution in [3.05, 3.63) is 29.8 Å². The molecule has 0 unspecified atom stereocenters. The van der Waals surface area contributed by atoms with E-state index in [1.54, 1.807) is 24.3 Å². The lowest BCUT2D eigenvalue weighted by Gasteiger charge is -2.21. The van der Waals surface area contributed by atoms with Crippen molar-refractivity contribution < 1.29 is 14.3 Å². The Bertz CT molecular complexity index is 583. The van der Waals surface area contributed by atoms with Gasteiger partial charge in [-0.3, -0.25) is 25.8 Å². The molecule has 0 aliphatic heterocycles. The zero-order chi connectivity index (χ0) is 17.4. The van der Waals surface area contributed by atoms with E-state index < -0.39 is 0 Å². The number of carbonyl (C=O) groups is 2. The number of thiocarbonyl (C=S) groups is 1. The fourth-order valence-corrected chi connectivity index (χ4v) is 2.80. The molecule has 24 heavy (non-hydrogen) atoms. The van der Waals surface area contributed by atoms with Gasteiger partial charge in [-0.15, -0.1) is 0 Å². The molecule has 1 saturated carbocycles. The summed E-state index contributed by atoms with van der Waals surface area (Å²) in [5.74, 6) is 0.306. The molecule has 0 aromatic heterocycles. The average molecular weight is 349 g/mol. The second-order valence-corrected chi connectivity index (χ2v) is 6.10. The van der Waals surface area contributed by atoms with Crippen LogP contribution in [0.25, 0.3) is 0 Å². The summed E-state index contributed by atoms with van der Waals surface area (Å²) in [5.41, 5.74) is 5.62. The van der Waals surface area contributed by atoms with Crippen molar-refractivity contribution >= 4 is 29.1 Å². The summed E-state index contributed by atoms with van der Waals surface area (Å²) in [4.78, 5) is 24.1. The van der Waals surface area contributed by atoms with Gasteiger partial charge in [0.25, 0.3) is 5.91 Å². The highest BCUT2D eigenvalue weighted by Crippen LogP contribution is 2.23. The molecular weight excluding hydrogens is 326 g/mol. The Morgan fingerprint density at radius 1 is 1.12 bits per heavy atom. The van der Waals surface area contributed by atoms with Crippen LogP contribution in [0, 0.1) is 5.92 Å².